The highest BCUT2D eigenvalue weighted by atomic mass is 16.5. The number of aromatic nitrogens is 2. The zero-order valence-electron chi connectivity index (χ0n) is 19.9. The maximum atomic E-state index is 13.3. The summed E-state index contributed by atoms with van der Waals surface area (Å²) in [5.74, 6) is -1.12. The van der Waals surface area contributed by atoms with Gasteiger partial charge < -0.3 is 20.7 Å². The van der Waals surface area contributed by atoms with E-state index in [1.54, 1.807) is 24.3 Å². The van der Waals surface area contributed by atoms with Crippen molar-refractivity contribution in [2.24, 2.45) is 5.92 Å². The van der Waals surface area contributed by atoms with Crippen LogP contribution < -0.4 is 27.2 Å². The maximum absolute atomic E-state index is 13.3. The molecule has 0 spiro atoms. The molecular weight excluding hydrogens is 450 g/mol. The van der Waals surface area contributed by atoms with Gasteiger partial charge in [-0.25, -0.2) is 9.59 Å². The molecular formula is C25H29N5O5. The van der Waals surface area contributed by atoms with E-state index in [0.717, 1.165) is 5.56 Å². The molecule has 0 aliphatic rings. The van der Waals surface area contributed by atoms with E-state index in [-0.39, 0.29) is 42.6 Å². The van der Waals surface area contributed by atoms with Crippen LogP contribution in [0.1, 0.15) is 29.8 Å². The number of carbonyl (C=O) groups is 2. The zero-order valence-corrected chi connectivity index (χ0v) is 19.9. The van der Waals surface area contributed by atoms with E-state index in [4.69, 9.17) is 10.5 Å². The molecule has 3 rings (SSSR count). The quantitative estimate of drug-likeness (QED) is 0.399. The third kappa shape index (κ3) is 5.97. The van der Waals surface area contributed by atoms with Crippen molar-refractivity contribution in [1.29, 1.82) is 0 Å². The monoisotopic (exact) mass is 479 g/mol. The molecule has 10 nitrogen and oxygen atoms in total. The number of esters is 1. The molecule has 0 atom stereocenters. The number of anilines is 3. The van der Waals surface area contributed by atoms with Crippen molar-refractivity contribution in [3.63, 3.8) is 0 Å². The maximum Gasteiger partial charge on any atom is 0.339 e. The summed E-state index contributed by atoms with van der Waals surface area (Å²) >= 11 is 0. The lowest BCUT2D eigenvalue weighted by atomic mass is 10.1. The van der Waals surface area contributed by atoms with Crippen molar-refractivity contribution in [3.05, 3.63) is 86.6 Å². The summed E-state index contributed by atoms with van der Waals surface area (Å²) in [4.78, 5) is 54.3. The Balaban J connectivity index is 1.96. The first-order chi connectivity index (χ1) is 16.7. The van der Waals surface area contributed by atoms with Crippen LogP contribution in [0.15, 0.2) is 64.2 Å². The van der Waals surface area contributed by atoms with Crippen molar-refractivity contribution in [3.8, 4) is 0 Å². The second-order valence-electron chi connectivity index (χ2n) is 8.35. The van der Waals surface area contributed by atoms with Gasteiger partial charge in [0.2, 0.25) is 5.91 Å². The smallest absolute Gasteiger partial charge is 0.339 e. The second-order valence-corrected chi connectivity index (χ2v) is 8.35. The predicted octanol–water partition coefficient (Wildman–Crippen LogP) is 2.05. The van der Waals surface area contributed by atoms with Crippen LogP contribution in [-0.4, -0.2) is 41.6 Å². The number of rotatable bonds is 9. The van der Waals surface area contributed by atoms with Gasteiger partial charge in [0.25, 0.3) is 5.56 Å². The Morgan fingerprint density at radius 1 is 1.09 bits per heavy atom. The number of nitrogens with one attached hydrogen (secondary N) is 2. The fraction of sp³-hybridized carbons (Fsp3) is 0.280. The van der Waals surface area contributed by atoms with E-state index < -0.39 is 23.1 Å². The number of hydrogen-bond acceptors (Lipinski definition) is 7. The van der Waals surface area contributed by atoms with Gasteiger partial charge in [0, 0.05) is 12.2 Å². The molecule has 0 bridgehead atoms. The number of nitrogens with zero attached hydrogens (tertiary/aromatic N) is 2. The Hall–Kier alpha value is -4.34. The van der Waals surface area contributed by atoms with Crippen molar-refractivity contribution >= 4 is 29.1 Å². The fourth-order valence-electron chi connectivity index (χ4n) is 3.64. The van der Waals surface area contributed by atoms with E-state index in [1.165, 1.54) is 16.6 Å². The summed E-state index contributed by atoms with van der Waals surface area (Å²) in [6.45, 7) is 3.88. The topological polar surface area (TPSA) is 140 Å². The van der Waals surface area contributed by atoms with E-state index in [0.29, 0.717) is 5.69 Å². The molecule has 0 fully saturated rings. The first-order valence-electron chi connectivity index (χ1n) is 11.1. The Labute approximate surface area is 202 Å². The van der Waals surface area contributed by atoms with Crippen LogP contribution >= 0.6 is 0 Å². The van der Waals surface area contributed by atoms with Crippen molar-refractivity contribution in [1.82, 2.24) is 9.55 Å². The van der Waals surface area contributed by atoms with Gasteiger partial charge in [-0.1, -0.05) is 56.3 Å². The first-order valence-corrected chi connectivity index (χ1v) is 11.1. The number of ether oxygens (including phenoxy) is 1. The van der Waals surface area contributed by atoms with Crippen molar-refractivity contribution in [2.45, 2.75) is 20.4 Å². The highest BCUT2D eigenvalue weighted by Crippen LogP contribution is 2.21. The minimum atomic E-state index is -0.749. The molecule has 0 aliphatic carbocycles. The molecule has 1 heterocycles. The highest BCUT2D eigenvalue weighted by molar-refractivity contribution is 6.00. The van der Waals surface area contributed by atoms with Gasteiger partial charge in [0.1, 0.15) is 5.82 Å². The van der Waals surface area contributed by atoms with Gasteiger partial charge in [0.05, 0.1) is 25.8 Å². The number of para-hydroxylation sites is 1. The van der Waals surface area contributed by atoms with Crippen LogP contribution in [0.4, 0.5) is 17.2 Å². The van der Waals surface area contributed by atoms with Gasteiger partial charge in [-0.15, -0.1) is 0 Å². The average Bonchev–Trinajstić information content (AvgIpc) is 2.84. The Morgan fingerprint density at radius 2 is 1.74 bits per heavy atom. The van der Waals surface area contributed by atoms with Crippen LogP contribution in [0.25, 0.3) is 0 Å². The molecule has 0 radical (unpaired) electrons. The van der Waals surface area contributed by atoms with Gasteiger partial charge in [-0.3, -0.25) is 19.1 Å². The van der Waals surface area contributed by atoms with Crippen LogP contribution in [0.2, 0.25) is 0 Å². The molecule has 3 aromatic rings. The number of benzene rings is 2. The van der Waals surface area contributed by atoms with Crippen LogP contribution in [0.5, 0.6) is 0 Å². The van der Waals surface area contributed by atoms with Gasteiger partial charge in [-0.2, -0.15) is 0 Å². The zero-order chi connectivity index (χ0) is 25.5. The third-order valence-corrected chi connectivity index (χ3v) is 5.28. The lowest BCUT2D eigenvalue weighted by Gasteiger charge is -2.26. The summed E-state index contributed by atoms with van der Waals surface area (Å²) in [5.41, 5.74) is 6.28. The van der Waals surface area contributed by atoms with E-state index >= 15 is 0 Å². The van der Waals surface area contributed by atoms with Crippen LogP contribution in [0, 0.1) is 5.92 Å². The number of H-pyrrole nitrogens is 1. The third-order valence-electron chi connectivity index (χ3n) is 5.28. The van der Waals surface area contributed by atoms with E-state index in [1.807, 2.05) is 44.2 Å². The van der Waals surface area contributed by atoms with Crippen LogP contribution in [0.3, 0.4) is 0 Å². The predicted molar refractivity (Wildman–Crippen MR) is 135 cm³/mol. The molecule has 4 N–H and O–H groups in total. The first kappa shape index (κ1) is 25.3. The number of nitrogen functional groups attached to an aromatic ring is 1. The largest absolute Gasteiger partial charge is 0.465 e. The molecule has 2 aromatic carbocycles. The molecule has 35 heavy (non-hydrogen) atoms. The van der Waals surface area contributed by atoms with E-state index in [9.17, 15) is 19.2 Å². The number of methoxy groups -OCH3 is 1. The van der Waals surface area contributed by atoms with Gasteiger partial charge in [-0.05, 0) is 23.6 Å². The highest BCUT2D eigenvalue weighted by Gasteiger charge is 2.25. The summed E-state index contributed by atoms with van der Waals surface area (Å²) in [5, 5.41) is 2.94. The minimum absolute atomic E-state index is 0.00499. The fourth-order valence-corrected chi connectivity index (χ4v) is 3.64. The molecule has 0 aliphatic heterocycles. The van der Waals surface area contributed by atoms with Crippen molar-refractivity contribution < 1.29 is 14.3 Å². The molecule has 0 saturated carbocycles. The second kappa shape index (κ2) is 11.2. The number of nitrogens with two attached hydrogens (primary N) is 1. The number of amides is 1. The SMILES string of the molecule is COC(=O)c1ccccc1NCC(=O)N(CC(C)C)c1c(N)n(Cc2ccccc2)c(=O)[nH]c1=O. The van der Waals surface area contributed by atoms with E-state index in [2.05, 4.69) is 10.3 Å². The molecule has 0 saturated heterocycles. The number of carbonyl (C=O) groups excluding carboxylic acids is 2. The summed E-state index contributed by atoms with van der Waals surface area (Å²) in [6.07, 6.45) is 0. The lowest BCUT2D eigenvalue weighted by molar-refractivity contribution is -0.117. The molecule has 184 valence electrons. The van der Waals surface area contributed by atoms with Gasteiger partial charge in [0.15, 0.2) is 5.69 Å². The number of hydrogen-bond donors (Lipinski definition) is 3. The molecule has 1 aromatic heterocycles. The standard InChI is InChI=1S/C25H29N5O5/c1-16(2)14-29(20(31)13-27-19-12-8-7-11-18(19)24(33)35-3)21-22(26)30(25(34)28-23(21)32)15-17-9-5-4-6-10-17/h4-12,16,27H,13-15,26H2,1-3H3,(H,28,32,34). The Morgan fingerprint density at radius 3 is 2.40 bits per heavy atom. The normalized spacial score (nSPS) is 10.7. The number of aromatic amines is 1. The Bertz CT molecular complexity index is 1310. The molecule has 0 unspecified atom stereocenters. The van der Waals surface area contributed by atoms with Gasteiger partial charge >= 0.3 is 11.7 Å². The molecule has 10 heteroatoms. The average molecular weight is 480 g/mol. The Kier molecular flexibility index (Phi) is 8.08. The van der Waals surface area contributed by atoms with Crippen molar-refractivity contribution in [2.75, 3.05) is 36.1 Å². The molecule has 1 amide bonds. The summed E-state index contributed by atoms with van der Waals surface area (Å²) in [7, 11) is 1.27. The summed E-state index contributed by atoms with van der Waals surface area (Å²) in [6, 6.07) is 15.8. The minimum Gasteiger partial charge on any atom is -0.465 e. The van der Waals surface area contributed by atoms with Crippen LogP contribution in [-0.2, 0) is 16.1 Å². The summed E-state index contributed by atoms with van der Waals surface area (Å²) < 4.78 is 6.02. The lowest BCUT2D eigenvalue weighted by Crippen LogP contribution is -2.44.